The van der Waals surface area contributed by atoms with Crippen molar-refractivity contribution in [3.05, 3.63) is 23.8 Å². The fourth-order valence-corrected chi connectivity index (χ4v) is 2.95. The minimum Gasteiger partial charge on any atom is -0.493 e. The zero-order valence-electron chi connectivity index (χ0n) is 13.2. The number of hydrogen-bond donors (Lipinski definition) is 1. The van der Waals surface area contributed by atoms with Gasteiger partial charge in [0, 0.05) is 17.5 Å². The molecular formula is C15H25NO4S. The molecule has 1 aromatic rings. The van der Waals surface area contributed by atoms with E-state index in [0.717, 1.165) is 5.56 Å². The maximum atomic E-state index is 11.2. The van der Waals surface area contributed by atoms with Crippen molar-refractivity contribution in [1.82, 2.24) is 0 Å². The topological polar surface area (TPSA) is 78.6 Å². The SMILES string of the molecule is COc1ccc(CC(C)(N)CCCS(C)(=O)=O)cc1OC. The zero-order chi connectivity index (χ0) is 16.1. The van der Waals surface area contributed by atoms with Gasteiger partial charge in [0.05, 0.1) is 14.2 Å². The van der Waals surface area contributed by atoms with Crippen LogP contribution in [-0.2, 0) is 16.3 Å². The Morgan fingerprint density at radius 3 is 2.33 bits per heavy atom. The highest BCUT2D eigenvalue weighted by molar-refractivity contribution is 7.90. The van der Waals surface area contributed by atoms with Crippen molar-refractivity contribution in [2.75, 3.05) is 26.2 Å². The maximum Gasteiger partial charge on any atom is 0.160 e. The van der Waals surface area contributed by atoms with Gasteiger partial charge in [0.25, 0.3) is 0 Å². The first-order chi connectivity index (χ1) is 9.67. The van der Waals surface area contributed by atoms with E-state index in [1.165, 1.54) is 6.26 Å². The average Bonchev–Trinajstić information content (AvgIpc) is 2.36. The summed E-state index contributed by atoms with van der Waals surface area (Å²) in [6.07, 6.45) is 3.11. The van der Waals surface area contributed by atoms with Crippen LogP contribution in [0.15, 0.2) is 18.2 Å². The van der Waals surface area contributed by atoms with Crippen LogP contribution in [0.3, 0.4) is 0 Å². The molecule has 21 heavy (non-hydrogen) atoms. The number of hydrogen-bond acceptors (Lipinski definition) is 5. The largest absolute Gasteiger partial charge is 0.493 e. The molecule has 1 unspecified atom stereocenters. The highest BCUT2D eigenvalue weighted by atomic mass is 32.2. The Bertz CT molecular complexity index is 567. The summed E-state index contributed by atoms with van der Waals surface area (Å²) < 4.78 is 32.8. The second kappa shape index (κ2) is 7.13. The van der Waals surface area contributed by atoms with E-state index < -0.39 is 15.4 Å². The van der Waals surface area contributed by atoms with Crippen molar-refractivity contribution in [2.45, 2.75) is 31.7 Å². The fourth-order valence-electron chi connectivity index (χ4n) is 2.28. The normalized spacial score (nSPS) is 14.5. The van der Waals surface area contributed by atoms with E-state index in [1.807, 2.05) is 25.1 Å². The van der Waals surface area contributed by atoms with Crippen LogP contribution in [0.5, 0.6) is 11.5 Å². The zero-order valence-corrected chi connectivity index (χ0v) is 14.0. The lowest BCUT2D eigenvalue weighted by molar-refractivity contribution is 0.353. The Labute approximate surface area is 127 Å². The van der Waals surface area contributed by atoms with Gasteiger partial charge in [-0.15, -0.1) is 0 Å². The number of benzene rings is 1. The Morgan fingerprint density at radius 2 is 1.81 bits per heavy atom. The Hall–Kier alpha value is -1.27. The van der Waals surface area contributed by atoms with Crippen molar-refractivity contribution in [2.24, 2.45) is 5.73 Å². The number of ether oxygens (including phenoxy) is 2. The Morgan fingerprint density at radius 1 is 1.19 bits per heavy atom. The fraction of sp³-hybridized carbons (Fsp3) is 0.600. The molecule has 1 atom stereocenters. The summed E-state index contributed by atoms with van der Waals surface area (Å²) in [5.74, 6) is 1.52. The van der Waals surface area contributed by atoms with Gasteiger partial charge >= 0.3 is 0 Å². The molecule has 5 nitrogen and oxygen atoms in total. The van der Waals surface area contributed by atoms with Crippen molar-refractivity contribution >= 4 is 9.84 Å². The molecule has 0 aliphatic carbocycles. The van der Waals surface area contributed by atoms with Crippen LogP contribution in [0.25, 0.3) is 0 Å². The molecule has 0 amide bonds. The lowest BCUT2D eigenvalue weighted by Gasteiger charge is -2.25. The molecule has 0 fully saturated rings. The first-order valence-electron chi connectivity index (χ1n) is 6.84. The van der Waals surface area contributed by atoms with E-state index >= 15 is 0 Å². The molecule has 0 bridgehead atoms. The van der Waals surface area contributed by atoms with Gasteiger partial charge in [-0.2, -0.15) is 0 Å². The molecule has 6 heteroatoms. The third-order valence-corrected chi connectivity index (χ3v) is 4.35. The molecule has 0 spiro atoms. The molecule has 0 heterocycles. The molecule has 1 aromatic carbocycles. The van der Waals surface area contributed by atoms with E-state index in [9.17, 15) is 8.42 Å². The van der Waals surface area contributed by atoms with Crippen molar-refractivity contribution < 1.29 is 17.9 Å². The highest BCUT2D eigenvalue weighted by Crippen LogP contribution is 2.29. The number of methoxy groups -OCH3 is 2. The minimum atomic E-state index is -2.93. The van der Waals surface area contributed by atoms with Crippen LogP contribution >= 0.6 is 0 Å². The molecule has 0 radical (unpaired) electrons. The van der Waals surface area contributed by atoms with E-state index in [0.29, 0.717) is 30.8 Å². The van der Waals surface area contributed by atoms with Crippen LogP contribution in [0.1, 0.15) is 25.3 Å². The van der Waals surface area contributed by atoms with Crippen LogP contribution < -0.4 is 15.2 Å². The third-order valence-electron chi connectivity index (χ3n) is 3.32. The summed E-state index contributed by atoms with van der Waals surface area (Å²) in [6, 6.07) is 5.70. The van der Waals surface area contributed by atoms with Gasteiger partial charge in [-0.05, 0) is 43.9 Å². The Balaban J connectivity index is 2.70. The van der Waals surface area contributed by atoms with Crippen molar-refractivity contribution in [1.29, 1.82) is 0 Å². The van der Waals surface area contributed by atoms with E-state index in [1.54, 1.807) is 14.2 Å². The number of sulfone groups is 1. The molecule has 0 aliphatic rings. The smallest absolute Gasteiger partial charge is 0.160 e. The molecule has 0 saturated carbocycles. The van der Waals surface area contributed by atoms with Crippen LogP contribution in [0.4, 0.5) is 0 Å². The molecule has 1 rings (SSSR count). The van der Waals surface area contributed by atoms with Gasteiger partial charge in [0.15, 0.2) is 11.5 Å². The molecule has 120 valence electrons. The summed E-state index contributed by atoms with van der Waals surface area (Å²) in [4.78, 5) is 0. The average molecular weight is 315 g/mol. The summed E-state index contributed by atoms with van der Waals surface area (Å²) in [5.41, 5.74) is 6.86. The van der Waals surface area contributed by atoms with Crippen molar-refractivity contribution in [3.8, 4) is 11.5 Å². The maximum absolute atomic E-state index is 11.2. The van der Waals surface area contributed by atoms with Crippen LogP contribution in [-0.4, -0.2) is 40.2 Å². The lowest BCUT2D eigenvalue weighted by atomic mass is 9.89. The van der Waals surface area contributed by atoms with E-state index in [2.05, 4.69) is 0 Å². The first-order valence-corrected chi connectivity index (χ1v) is 8.90. The van der Waals surface area contributed by atoms with E-state index in [-0.39, 0.29) is 5.75 Å². The second-order valence-corrected chi connectivity index (χ2v) is 8.01. The third kappa shape index (κ3) is 6.35. The highest BCUT2D eigenvalue weighted by Gasteiger charge is 2.20. The van der Waals surface area contributed by atoms with Crippen molar-refractivity contribution in [3.63, 3.8) is 0 Å². The molecule has 0 aliphatic heterocycles. The van der Waals surface area contributed by atoms with Gasteiger partial charge in [0.1, 0.15) is 9.84 Å². The van der Waals surface area contributed by atoms with Gasteiger partial charge in [-0.3, -0.25) is 0 Å². The predicted molar refractivity (Wildman–Crippen MR) is 84.8 cm³/mol. The standard InChI is InChI=1S/C15H25NO4S/c1-15(16,8-5-9-21(4,17)18)11-12-6-7-13(19-2)14(10-12)20-3/h6-7,10H,5,8-9,11,16H2,1-4H3. The van der Waals surface area contributed by atoms with Gasteiger partial charge in [-0.25, -0.2) is 8.42 Å². The quantitative estimate of drug-likeness (QED) is 0.791. The summed E-state index contributed by atoms with van der Waals surface area (Å²) in [6.45, 7) is 1.94. The summed E-state index contributed by atoms with van der Waals surface area (Å²) >= 11 is 0. The molecule has 0 aromatic heterocycles. The molecule has 2 N–H and O–H groups in total. The molecule has 0 saturated heterocycles. The lowest BCUT2D eigenvalue weighted by Crippen LogP contribution is -2.38. The summed E-state index contributed by atoms with van der Waals surface area (Å²) in [7, 11) is 0.254. The minimum absolute atomic E-state index is 0.172. The van der Waals surface area contributed by atoms with Gasteiger partial charge in [-0.1, -0.05) is 6.07 Å². The summed E-state index contributed by atoms with van der Waals surface area (Å²) in [5, 5.41) is 0. The predicted octanol–water partition coefficient (Wildman–Crippen LogP) is 1.79. The number of rotatable bonds is 8. The second-order valence-electron chi connectivity index (χ2n) is 5.75. The molecular weight excluding hydrogens is 290 g/mol. The van der Waals surface area contributed by atoms with E-state index in [4.69, 9.17) is 15.2 Å². The Kier molecular flexibility index (Phi) is 6.04. The van der Waals surface area contributed by atoms with Gasteiger partial charge in [0.2, 0.25) is 0 Å². The first kappa shape index (κ1) is 17.8. The number of nitrogens with two attached hydrogens (primary N) is 1. The van der Waals surface area contributed by atoms with Crippen LogP contribution in [0.2, 0.25) is 0 Å². The monoisotopic (exact) mass is 315 g/mol. The van der Waals surface area contributed by atoms with Crippen LogP contribution in [0, 0.1) is 0 Å². The van der Waals surface area contributed by atoms with Gasteiger partial charge < -0.3 is 15.2 Å².